The van der Waals surface area contributed by atoms with Crippen molar-refractivity contribution in [2.75, 3.05) is 13.1 Å². The third-order valence-electron chi connectivity index (χ3n) is 4.32. The SMILES string of the molecule is C1=CC2=C(CC1)CCC21CCNCC1. The van der Waals surface area contributed by atoms with E-state index in [-0.39, 0.29) is 0 Å². The van der Waals surface area contributed by atoms with Gasteiger partial charge in [0.2, 0.25) is 0 Å². The normalized spacial score (nSPS) is 29.7. The summed E-state index contributed by atoms with van der Waals surface area (Å²) in [5.41, 5.74) is 4.12. The van der Waals surface area contributed by atoms with Gasteiger partial charge in [0.05, 0.1) is 0 Å². The lowest BCUT2D eigenvalue weighted by Crippen LogP contribution is -2.36. The second-order valence-corrected chi connectivity index (χ2v) is 4.99. The lowest BCUT2D eigenvalue weighted by molar-refractivity contribution is 0.257. The van der Waals surface area contributed by atoms with Crippen molar-refractivity contribution in [3.05, 3.63) is 23.3 Å². The Balaban J connectivity index is 1.93. The summed E-state index contributed by atoms with van der Waals surface area (Å²) >= 11 is 0. The van der Waals surface area contributed by atoms with E-state index in [1.165, 1.54) is 51.6 Å². The summed E-state index contributed by atoms with van der Waals surface area (Å²) in [6.45, 7) is 2.45. The average Bonchev–Trinajstić information content (AvgIpc) is 2.60. The summed E-state index contributed by atoms with van der Waals surface area (Å²) in [7, 11) is 0. The van der Waals surface area contributed by atoms with E-state index in [0.29, 0.717) is 5.41 Å². The molecule has 0 radical (unpaired) electrons. The fourth-order valence-corrected chi connectivity index (χ4v) is 3.47. The van der Waals surface area contributed by atoms with Gasteiger partial charge in [-0.2, -0.15) is 0 Å². The molecule has 0 amide bonds. The second-order valence-electron chi connectivity index (χ2n) is 4.99. The van der Waals surface area contributed by atoms with Crippen LogP contribution in [0.5, 0.6) is 0 Å². The highest BCUT2D eigenvalue weighted by Gasteiger charge is 2.40. The topological polar surface area (TPSA) is 12.0 Å². The van der Waals surface area contributed by atoms with Crippen LogP contribution in [0.2, 0.25) is 0 Å². The molecule has 0 saturated carbocycles. The van der Waals surface area contributed by atoms with Crippen molar-refractivity contribution >= 4 is 0 Å². The van der Waals surface area contributed by atoms with Crippen LogP contribution in [0.4, 0.5) is 0 Å². The number of nitrogens with one attached hydrogen (secondary N) is 1. The summed E-state index contributed by atoms with van der Waals surface area (Å²) in [4.78, 5) is 0. The van der Waals surface area contributed by atoms with E-state index in [1.54, 1.807) is 11.1 Å². The van der Waals surface area contributed by atoms with Crippen molar-refractivity contribution < 1.29 is 0 Å². The van der Waals surface area contributed by atoms with Gasteiger partial charge in [0.1, 0.15) is 0 Å². The zero-order valence-corrected chi connectivity index (χ0v) is 8.81. The first kappa shape index (κ1) is 8.72. The Hall–Kier alpha value is -0.560. The number of allylic oxidation sites excluding steroid dienone is 4. The van der Waals surface area contributed by atoms with Gasteiger partial charge < -0.3 is 5.32 Å². The van der Waals surface area contributed by atoms with E-state index in [4.69, 9.17) is 0 Å². The lowest BCUT2D eigenvalue weighted by Gasteiger charge is -2.36. The van der Waals surface area contributed by atoms with Crippen molar-refractivity contribution in [1.82, 2.24) is 5.32 Å². The predicted molar refractivity (Wildman–Crippen MR) is 59.2 cm³/mol. The van der Waals surface area contributed by atoms with Crippen LogP contribution in [-0.4, -0.2) is 13.1 Å². The Morgan fingerprint density at radius 3 is 2.79 bits per heavy atom. The summed E-state index contributed by atoms with van der Waals surface area (Å²) in [6.07, 6.45) is 13.0. The van der Waals surface area contributed by atoms with Gasteiger partial charge in [-0.05, 0) is 62.6 Å². The van der Waals surface area contributed by atoms with Gasteiger partial charge in [-0.1, -0.05) is 17.7 Å². The van der Waals surface area contributed by atoms with Crippen LogP contribution in [0.25, 0.3) is 0 Å². The standard InChI is InChI=1S/C13H19N/c1-2-4-12-11(3-1)5-6-13(12)7-9-14-10-8-13/h2,4,14H,1,3,5-10H2. The zero-order valence-electron chi connectivity index (χ0n) is 8.81. The molecule has 3 aliphatic rings. The first-order valence-electron chi connectivity index (χ1n) is 6.01. The molecule has 1 spiro atoms. The molecule has 1 aliphatic heterocycles. The highest BCUT2D eigenvalue weighted by Crippen LogP contribution is 2.51. The van der Waals surface area contributed by atoms with Gasteiger partial charge in [0.15, 0.2) is 0 Å². The molecule has 1 heterocycles. The van der Waals surface area contributed by atoms with Crippen molar-refractivity contribution in [1.29, 1.82) is 0 Å². The molecular formula is C13H19N. The van der Waals surface area contributed by atoms with E-state index in [9.17, 15) is 0 Å². The van der Waals surface area contributed by atoms with Gasteiger partial charge in [0, 0.05) is 0 Å². The Morgan fingerprint density at radius 1 is 1.07 bits per heavy atom. The maximum atomic E-state index is 3.48. The average molecular weight is 189 g/mol. The molecular weight excluding hydrogens is 170 g/mol. The molecule has 2 aliphatic carbocycles. The Morgan fingerprint density at radius 2 is 1.93 bits per heavy atom. The number of hydrogen-bond acceptors (Lipinski definition) is 1. The van der Waals surface area contributed by atoms with E-state index in [0.717, 1.165) is 0 Å². The van der Waals surface area contributed by atoms with E-state index in [1.807, 2.05) is 0 Å². The molecule has 1 nitrogen and oxygen atoms in total. The van der Waals surface area contributed by atoms with Crippen LogP contribution in [0.3, 0.4) is 0 Å². The molecule has 0 bridgehead atoms. The Labute approximate surface area is 86.3 Å². The summed E-state index contributed by atoms with van der Waals surface area (Å²) in [6, 6.07) is 0. The summed E-state index contributed by atoms with van der Waals surface area (Å²) in [5.74, 6) is 0. The first-order chi connectivity index (χ1) is 6.91. The monoisotopic (exact) mass is 189 g/mol. The smallest absolute Gasteiger partial charge is 0.00204 e. The van der Waals surface area contributed by atoms with Crippen LogP contribution >= 0.6 is 0 Å². The summed E-state index contributed by atoms with van der Waals surface area (Å²) < 4.78 is 0. The van der Waals surface area contributed by atoms with Crippen molar-refractivity contribution in [3.8, 4) is 0 Å². The predicted octanol–water partition coefficient (Wildman–Crippen LogP) is 2.80. The maximum absolute atomic E-state index is 3.48. The fraction of sp³-hybridized carbons (Fsp3) is 0.692. The van der Waals surface area contributed by atoms with Crippen LogP contribution in [0, 0.1) is 5.41 Å². The largest absolute Gasteiger partial charge is 0.317 e. The highest BCUT2D eigenvalue weighted by atomic mass is 14.9. The quantitative estimate of drug-likeness (QED) is 0.618. The molecule has 0 atom stereocenters. The fourth-order valence-electron chi connectivity index (χ4n) is 3.47. The third kappa shape index (κ3) is 1.18. The minimum absolute atomic E-state index is 0.595. The van der Waals surface area contributed by atoms with Gasteiger partial charge >= 0.3 is 0 Å². The maximum Gasteiger partial charge on any atom is -0.00204 e. The van der Waals surface area contributed by atoms with Crippen LogP contribution in [0.1, 0.15) is 38.5 Å². The molecule has 1 saturated heterocycles. The van der Waals surface area contributed by atoms with Gasteiger partial charge in [-0.15, -0.1) is 0 Å². The van der Waals surface area contributed by atoms with Gasteiger partial charge in [0.25, 0.3) is 0 Å². The van der Waals surface area contributed by atoms with E-state index >= 15 is 0 Å². The molecule has 3 rings (SSSR count). The van der Waals surface area contributed by atoms with Crippen LogP contribution in [-0.2, 0) is 0 Å². The Bertz CT molecular complexity index is 292. The van der Waals surface area contributed by atoms with Crippen molar-refractivity contribution in [3.63, 3.8) is 0 Å². The molecule has 0 aromatic carbocycles. The van der Waals surface area contributed by atoms with E-state index in [2.05, 4.69) is 17.5 Å². The van der Waals surface area contributed by atoms with Crippen molar-refractivity contribution in [2.45, 2.75) is 38.5 Å². The van der Waals surface area contributed by atoms with Crippen LogP contribution in [0.15, 0.2) is 23.3 Å². The zero-order chi connectivity index (χ0) is 9.43. The lowest BCUT2D eigenvalue weighted by atomic mass is 9.72. The molecule has 0 unspecified atom stereocenters. The molecule has 14 heavy (non-hydrogen) atoms. The van der Waals surface area contributed by atoms with Gasteiger partial charge in [-0.25, -0.2) is 0 Å². The molecule has 0 aromatic heterocycles. The molecule has 1 N–H and O–H groups in total. The molecule has 1 heteroatoms. The molecule has 76 valence electrons. The number of rotatable bonds is 0. The number of hydrogen-bond donors (Lipinski definition) is 1. The second kappa shape index (κ2) is 3.23. The van der Waals surface area contributed by atoms with Crippen molar-refractivity contribution in [2.24, 2.45) is 5.41 Å². The highest BCUT2D eigenvalue weighted by molar-refractivity contribution is 5.40. The molecule has 0 aromatic rings. The molecule has 1 fully saturated rings. The minimum atomic E-state index is 0.595. The minimum Gasteiger partial charge on any atom is -0.317 e. The van der Waals surface area contributed by atoms with Gasteiger partial charge in [-0.3, -0.25) is 0 Å². The Kier molecular flexibility index (Phi) is 2.01. The summed E-state index contributed by atoms with van der Waals surface area (Å²) in [5, 5.41) is 3.48. The van der Waals surface area contributed by atoms with Crippen LogP contribution < -0.4 is 5.32 Å². The van der Waals surface area contributed by atoms with E-state index < -0.39 is 0 Å². The number of fused-ring (bicyclic) bond motifs is 1. The third-order valence-corrected chi connectivity index (χ3v) is 4.32. The number of piperidine rings is 1. The first-order valence-corrected chi connectivity index (χ1v) is 6.01.